The molecule has 3 aromatic rings. The molecule has 2 aliphatic rings. The van der Waals surface area contributed by atoms with Crippen LogP contribution in [0.15, 0.2) is 47.1 Å². The number of likely N-dealkylation sites (tertiary alicyclic amines) is 1. The zero-order valence-electron chi connectivity index (χ0n) is 17.9. The number of aromatic nitrogens is 2. The standard InChI is InChI=1S/C25H30N4O2/c30-25(27-20-8-2-1-3-9-20)24-15-23(28-31-24)19-7-6-14-29(17-19)16-18-12-13-26-22-11-5-4-10-21(18)22/h4-5,10-13,15,19-20H,1-3,6-9,14,16-17H2,(H,27,30)/t19-/m0/s1. The van der Waals surface area contributed by atoms with Gasteiger partial charge in [-0.05, 0) is 49.9 Å². The summed E-state index contributed by atoms with van der Waals surface area (Å²) in [6, 6.07) is 12.6. The van der Waals surface area contributed by atoms with Gasteiger partial charge in [0, 0.05) is 42.7 Å². The molecule has 1 atom stereocenters. The van der Waals surface area contributed by atoms with Gasteiger partial charge in [-0.25, -0.2) is 0 Å². The number of nitrogens with zero attached hydrogens (tertiary/aromatic N) is 3. The number of hydrogen-bond donors (Lipinski definition) is 1. The minimum absolute atomic E-state index is 0.124. The maximum absolute atomic E-state index is 12.6. The number of fused-ring (bicyclic) bond motifs is 1. The number of amides is 1. The van der Waals surface area contributed by atoms with Crippen LogP contribution in [0, 0.1) is 0 Å². The van der Waals surface area contributed by atoms with E-state index in [4.69, 9.17) is 4.52 Å². The number of carbonyl (C=O) groups is 1. The molecule has 162 valence electrons. The van der Waals surface area contributed by atoms with Gasteiger partial charge in [0.1, 0.15) is 0 Å². The highest BCUT2D eigenvalue weighted by Crippen LogP contribution is 2.29. The Morgan fingerprint density at radius 2 is 1.97 bits per heavy atom. The van der Waals surface area contributed by atoms with Gasteiger partial charge in [-0.2, -0.15) is 0 Å². The van der Waals surface area contributed by atoms with Crippen LogP contribution in [-0.2, 0) is 6.54 Å². The summed E-state index contributed by atoms with van der Waals surface area (Å²) in [6.07, 6.45) is 9.87. The molecule has 6 heteroatoms. The number of carbonyl (C=O) groups excluding carboxylic acids is 1. The maximum Gasteiger partial charge on any atom is 0.290 e. The Kier molecular flexibility index (Phi) is 5.98. The van der Waals surface area contributed by atoms with Gasteiger partial charge in [0.05, 0.1) is 11.2 Å². The summed E-state index contributed by atoms with van der Waals surface area (Å²) < 4.78 is 5.44. The second kappa shape index (κ2) is 9.18. The highest BCUT2D eigenvalue weighted by molar-refractivity contribution is 5.91. The Morgan fingerprint density at radius 1 is 1.10 bits per heavy atom. The lowest BCUT2D eigenvalue weighted by atomic mass is 9.94. The third-order valence-corrected chi connectivity index (χ3v) is 6.75. The third-order valence-electron chi connectivity index (χ3n) is 6.75. The minimum atomic E-state index is -0.124. The molecule has 0 spiro atoms. The van der Waals surface area contributed by atoms with E-state index in [0.29, 0.717) is 11.7 Å². The molecule has 6 nitrogen and oxygen atoms in total. The van der Waals surface area contributed by atoms with Crippen LogP contribution in [0.3, 0.4) is 0 Å². The van der Waals surface area contributed by atoms with Gasteiger partial charge < -0.3 is 9.84 Å². The van der Waals surface area contributed by atoms with Gasteiger partial charge in [0.15, 0.2) is 0 Å². The minimum Gasteiger partial charge on any atom is -0.351 e. The summed E-state index contributed by atoms with van der Waals surface area (Å²) >= 11 is 0. The first-order valence-electron chi connectivity index (χ1n) is 11.6. The van der Waals surface area contributed by atoms with E-state index in [0.717, 1.165) is 56.5 Å². The topological polar surface area (TPSA) is 71.3 Å². The Hall–Kier alpha value is -2.73. The van der Waals surface area contributed by atoms with Crippen molar-refractivity contribution in [2.45, 2.75) is 63.5 Å². The molecule has 1 N–H and O–H groups in total. The second-order valence-electron chi connectivity index (χ2n) is 8.99. The van der Waals surface area contributed by atoms with Crippen LogP contribution in [0.1, 0.15) is 72.7 Å². The average Bonchev–Trinajstić information content (AvgIpc) is 3.31. The fourth-order valence-electron chi connectivity index (χ4n) is 5.07. The van der Waals surface area contributed by atoms with Crippen molar-refractivity contribution in [3.8, 4) is 0 Å². The van der Waals surface area contributed by atoms with E-state index in [1.54, 1.807) is 0 Å². The van der Waals surface area contributed by atoms with E-state index in [1.807, 2.05) is 18.3 Å². The van der Waals surface area contributed by atoms with E-state index in [9.17, 15) is 4.79 Å². The number of hydrogen-bond acceptors (Lipinski definition) is 5. The average molecular weight is 419 g/mol. The van der Waals surface area contributed by atoms with E-state index < -0.39 is 0 Å². The molecule has 0 radical (unpaired) electrons. The molecule has 0 unspecified atom stereocenters. The summed E-state index contributed by atoms with van der Waals surface area (Å²) in [5.41, 5.74) is 3.25. The fourth-order valence-corrected chi connectivity index (χ4v) is 5.07. The van der Waals surface area contributed by atoms with Crippen molar-refractivity contribution in [1.29, 1.82) is 0 Å². The summed E-state index contributed by atoms with van der Waals surface area (Å²) in [7, 11) is 0. The monoisotopic (exact) mass is 418 g/mol. The van der Waals surface area contributed by atoms with Gasteiger partial charge in [-0.15, -0.1) is 0 Å². The molecule has 2 aromatic heterocycles. The highest BCUT2D eigenvalue weighted by atomic mass is 16.5. The van der Waals surface area contributed by atoms with E-state index in [-0.39, 0.29) is 11.9 Å². The third kappa shape index (κ3) is 4.64. The molecule has 2 fully saturated rings. The van der Waals surface area contributed by atoms with Crippen LogP contribution in [0.25, 0.3) is 10.9 Å². The zero-order valence-corrected chi connectivity index (χ0v) is 17.9. The second-order valence-corrected chi connectivity index (χ2v) is 8.99. The van der Waals surface area contributed by atoms with E-state index >= 15 is 0 Å². The lowest BCUT2D eigenvalue weighted by Crippen LogP contribution is -2.36. The first-order valence-corrected chi connectivity index (χ1v) is 11.6. The smallest absolute Gasteiger partial charge is 0.290 e. The Bertz CT molecular complexity index is 1040. The number of pyridine rings is 1. The summed E-state index contributed by atoms with van der Waals surface area (Å²) in [5, 5.41) is 8.61. The number of nitrogens with one attached hydrogen (secondary N) is 1. The molecule has 3 heterocycles. The quantitative estimate of drug-likeness (QED) is 0.652. The molecule has 1 saturated heterocycles. The van der Waals surface area contributed by atoms with Crippen LogP contribution in [0.2, 0.25) is 0 Å². The summed E-state index contributed by atoms with van der Waals surface area (Å²) in [5.74, 6) is 0.515. The Morgan fingerprint density at radius 3 is 2.87 bits per heavy atom. The van der Waals surface area contributed by atoms with E-state index in [1.165, 1.54) is 30.2 Å². The van der Waals surface area contributed by atoms with Crippen molar-refractivity contribution in [1.82, 2.24) is 20.4 Å². The Balaban J connectivity index is 1.24. The zero-order chi connectivity index (χ0) is 21.0. The molecule has 0 bridgehead atoms. The molecule has 1 saturated carbocycles. The van der Waals surface area contributed by atoms with Crippen molar-refractivity contribution in [3.63, 3.8) is 0 Å². The molecule has 31 heavy (non-hydrogen) atoms. The largest absolute Gasteiger partial charge is 0.351 e. The summed E-state index contributed by atoms with van der Waals surface area (Å²) in [4.78, 5) is 19.5. The van der Waals surface area contributed by atoms with Crippen LogP contribution in [0.5, 0.6) is 0 Å². The predicted molar refractivity (Wildman–Crippen MR) is 120 cm³/mol. The van der Waals surface area contributed by atoms with Gasteiger partial charge in [-0.3, -0.25) is 14.7 Å². The van der Waals surface area contributed by atoms with Gasteiger partial charge in [0.2, 0.25) is 5.76 Å². The number of rotatable bonds is 5. The molecule has 1 aliphatic heterocycles. The molecule has 1 amide bonds. The van der Waals surface area contributed by atoms with Crippen LogP contribution in [0.4, 0.5) is 0 Å². The normalized spacial score (nSPS) is 20.7. The number of para-hydroxylation sites is 1. The van der Waals surface area contributed by atoms with Crippen molar-refractivity contribution >= 4 is 16.8 Å². The van der Waals surface area contributed by atoms with Crippen molar-refractivity contribution < 1.29 is 9.32 Å². The van der Waals surface area contributed by atoms with Crippen LogP contribution < -0.4 is 5.32 Å². The first kappa shape index (κ1) is 20.2. The summed E-state index contributed by atoms with van der Waals surface area (Å²) in [6.45, 7) is 2.89. The van der Waals surface area contributed by atoms with Crippen molar-refractivity contribution in [3.05, 3.63) is 59.6 Å². The van der Waals surface area contributed by atoms with Crippen LogP contribution >= 0.6 is 0 Å². The molecular weight excluding hydrogens is 388 g/mol. The lowest BCUT2D eigenvalue weighted by molar-refractivity contribution is 0.0890. The Labute approximate surface area is 183 Å². The molecule has 1 aromatic carbocycles. The number of benzene rings is 1. The fraction of sp³-hybridized carbons (Fsp3) is 0.480. The van der Waals surface area contributed by atoms with Crippen molar-refractivity contribution in [2.75, 3.05) is 13.1 Å². The molecular formula is C25H30N4O2. The molecule has 5 rings (SSSR count). The van der Waals surface area contributed by atoms with Gasteiger partial charge >= 0.3 is 0 Å². The van der Waals surface area contributed by atoms with Gasteiger partial charge in [0.25, 0.3) is 5.91 Å². The van der Waals surface area contributed by atoms with E-state index in [2.05, 4.69) is 44.6 Å². The lowest BCUT2D eigenvalue weighted by Gasteiger charge is -2.32. The first-order chi connectivity index (χ1) is 15.3. The van der Waals surface area contributed by atoms with Crippen molar-refractivity contribution in [2.24, 2.45) is 0 Å². The van der Waals surface area contributed by atoms with Crippen LogP contribution in [-0.4, -0.2) is 40.1 Å². The SMILES string of the molecule is O=C(NC1CCCCC1)c1cc([C@H]2CCCN(Cc3ccnc4ccccc34)C2)no1. The number of piperidine rings is 1. The maximum atomic E-state index is 12.6. The predicted octanol–water partition coefficient (Wildman–Crippen LogP) is 4.66. The highest BCUT2D eigenvalue weighted by Gasteiger charge is 2.26. The molecule has 1 aliphatic carbocycles. The van der Waals surface area contributed by atoms with Gasteiger partial charge in [-0.1, -0.05) is 42.6 Å².